The fraction of sp³-hybridized carbons (Fsp3) is 0.316. The Morgan fingerprint density at radius 1 is 1.09 bits per heavy atom. The third-order valence-electron chi connectivity index (χ3n) is 3.72. The van der Waals surface area contributed by atoms with Crippen molar-refractivity contribution in [1.29, 1.82) is 0 Å². The van der Waals surface area contributed by atoms with Crippen LogP contribution < -0.4 is 5.32 Å². The molecule has 0 spiro atoms. The maximum absolute atomic E-state index is 12.2. The van der Waals surface area contributed by atoms with Crippen LogP contribution in [0.3, 0.4) is 0 Å². The van der Waals surface area contributed by atoms with Crippen molar-refractivity contribution in [3.63, 3.8) is 0 Å². The molecule has 0 fully saturated rings. The zero-order valence-electron chi connectivity index (χ0n) is 13.1. The summed E-state index contributed by atoms with van der Waals surface area (Å²) in [6.45, 7) is 4.29. The van der Waals surface area contributed by atoms with Crippen LogP contribution in [0.25, 0.3) is 0 Å². The SMILES string of the molecule is Cc1ccc(C(=O)NCC(CC(C)O)c2ccccc2)cc1. The third-order valence-corrected chi connectivity index (χ3v) is 3.72. The van der Waals surface area contributed by atoms with Crippen molar-refractivity contribution in [3.05, 3.63) is 71.3 Å². The van der Waals surface area contributed by atoms with Crippen LogP contribution in [0.4, 0.5) is 0 Å². The van der Waals surface area contributed by atoms with Gasteiger partial charge in [-0.05, 0) is 38.0 Å². The summed E-state index contributed by atoms with van der Waals surface area (Å²) in [5, 5.41) is 12.7. The van der Waals surface area contributed by atoms with Gasteiger partial charge in [0.15, 0.2) is 0 Å². The Morgan fingerprint density at radius 2 is 1.73 bits per heavy atom. The highest BCUT2D eigenvalue weighted by Gasteiger charge is 2.15. The molecule has 3 heteroatoms. The number of aliphatic hydroxyl groups is 1. The minimum Gasteiger partial charge on any atom is -0.393 e. The van der Waals surface area contributed by atoms with Gasteiger partial charge in [0.25, 0.3) is 5.91 Å². The van der Waals surface area contributed by atoms with Crippen molar-refractivity contribution in [3.8, 4) is 0 Å². The zero-order valence-corrected chi connectivity index (χ0v) is 13.1. The first-order valence-electron chi connectivity index (χ1n) is 7.64. The Bertz CT molecular complexity index is 591. The average molecular weight is 297 g/mol. The molecule has 2 aromatic carbocycles. The molecule has 0 bridgehead atoms. The number of hydrogen-bond acceptors (Lipinski definition) is 2. The molecule has 2 unspecified atom stereocenters. The summed E-state index contributed by atoms with van der Waals surface area (Å²) in [6, 6.07) is 17.5. The lowest BCUT2D eigenvalue weighted by molar-refractivity contribution is 0.0945. The van der Waals surface area contributed by atoms with E-state index in [1.165, 1.54) is 0 Å². The van der Waals surface area contributed by atoms with E-state index in [9.17, 15) is 9.90 Å². The Kier molecular flexibility index (Phi) is 5.73. The molecule has 22 heavy (non-hydrogen) atoms. The van der Waals surface area contributed by atoms with Gasteiger partial charge in [-0.1, -0.05) is 48.0 Å². The van der Waals surface area contributed by atoms with Gasteiger partial charge in [0, 0.05) is 18.0 Å². The van der Waals surface area contributed by atoms with Gasteiger partial charge in [-0.2, -0.15) is 0 Å². The Labute approximate surface area is 132 Å². The molecule has 0 aliphatic heterocycles. The predicted octanol–water partition coefficient (Wildman–Crippen LogP) is 3.28. The minimum atomic E-state index is -0.401. The molecule has 0 aromatic heterocycles. The molecular formula is C19H23NO2. The van der Waals surface area contributed by atoms with Crippen molar-refractivity contribution in [2.75, 3.05) is 6.54 Å². The normalized spacial score (nSPS) is 13.4. The highest BCUT2D eigenvalue weighted by Crippen LogP contribution is 2.20. The largest absolute Gasteiger partial charge is 0.393 e. The molecule has 1 amide bonds. The average Bonchev–Trinajstić information content (AvgIpc) is 2.52. The van der Waals surface area contributed by atoms with Crippen LogP contribution in [0.2, 0.25) is 0 Å². The smallest absolute Gasteiger partial charge is 0.251 e. The number of rotatable bonds is 6. The van der Waals surface area contributed by atoms with E-state index >= 15 is 0 Å². The molecule has 0 heterocycles. The lowest BCUT2D eigenvalue weighted by Gasteiger charge is -2.19. The maximum Gasteiger partial charge on any atom is 0.251 e. The van der Waals surface area contributed by atoms with Gasteiger partial charge in [-0.15, -0.1) is 0 Å². The summed E-state index contributed by atoms with van der Waals surface area (Å²) >= 11 is 0. The van der Waals surface area contributed by atoms with Gasteiger partial charge in [0.2, 0.25) is 0 Å². The van der Waals surface area contributed by atoms with Crippen LogP contribution in [-0.2, 0) is 0 Å². The summed E-state index contributed by atoms with van der Waals surface area (Å²) < 4.78 is 0. The number of carbonyl (C=O) groups excluding carboxylic acids is 1. The highest BCUT2D eigenvalue weighted by atomic mass is 16.3. The first kappa shape index (κ1) is 16.2. The second-order valence-electron chi connectivity index (χ2n) is 5.77. The molecule has 0 aliphatic rings. The van der Waals surface area contributed by atoms with E-state index in [-0.39, 0.29) is 11.8 Å². The van der Waals surface area contributed by atoms with Crippen molar-refractivity contribution in [1.82, 2.24) is 5.32 Å². The molecule has 0 saturated carbocycles. The van der Waals surface area contributed by atoms with Crippen LogP contribution in [0.15, 0.2) is 54.6 Å². The number of aliphatic hydroxyl groups excluding tert-OH is 1. The van der Waals surface area contributed by atoms with Gasteiger partial charge in [0.05, 0.1) is 6.10 Å². The molecule has 0 radical (unpaired) electrons. The van der Waals surface area contributed by atoms with Gasteiger partial charge in [-0.3, -0.25) is 4.79 Å². The molecule has 2 rings (SSSR count). The molecule has 2 atom stereocenters. The predicted molar refractivity (Wildman–Crippen MR) is 89.0 cm³/mol. The number of benzene rings is 2. The Balaban J connectivity index is 2.02. The van der Waals surface area contributed by atoms with Gasteiger partial charge >= 0.3 is 0 Å². The van der Waals surface area contributed by atoms with E-state index in [0.717, 1.165) is 11.1 Å². The quantitative estimate of drug-likeness (QED) is 0.859. The van der Waals surface area contributed by atoms with Gasteiger partial charge in [-0.25, -0.2) is 0 Å². The van der Waals surface area contributed by atoms with E-state index in [2.05, 4.69) is 5.32 Å². The summed E-state index contributed by atoms with van der Waals surface area (Å²) in [5.41, 5.74) is 2.93. The van der Waals surface area contributed by atoms with Crippen molar-refractivity contribution in [2.45, 2.75) is 32.3 Å². The Morgan fingerprint density at radius 3 is 2.32 bits per heavy atom. The van der Waals surface area contributed by atoms with Crippen LogP contribution in [-0.4, -0.2) is 23.7 Å². The second-order valence-corrected chi connectivity index (χ2v) is 5.77. The maximum atomic E-state index is 12.2. The highest BCUT2D eigenvalue weighted by molar-refractivity contribution is 5.94. The number of amides is 1. The molecule has 116 valence electrons. The topological polar surface area (TPSA) is 49.3 Å². The zero-order chi connectivity index (χ0) is 15.9. The monoisotopic (exact) mass is 297 g/mol. The number of carbonyl (C=O) groups is 1. The van der Waals surface area contributed by atoms with E-state index in [1.54, 1.807) is 6.92 Å². The van der Waals surface area contributed by atoms with E-state index in [1.807, 2.05) is 61.5 Å². The molecular weight excluding hydrogens is 274 g/mol. The van der Waals surface area contributed by atoms with Crippen molar-refractivity contribution < 1.29 is 9.90 Å². The van der Waals surface area contributed by atoms with Crippen LogP contribution in [0, 0.1) is 6.92 Å². The Hall–Kier alpha value is -2.13. The molecule has 2 N–H and O–H groups in total. The van der Waals surface area contributed by atoms with Gasteiger partial charge < -0.3 is 10.4 Å². The third kappa shape index (κ3) is 4.71. The number of aryl methyl sites for hydroxylation is 1. The number of hydrogen-bond donors (Lipinski definition) is 2. The lowest BCUT2D eigenvalue weighted by Crippen LogP contribution is -2.29. The molecule has 0 aliphatic carbocycles. The first-order valence-corrected chi connectivity index (χ1v) is 7.64. The van der Waals surface area contributed by atoms with E-state index < -0.39 is 6.10 Å². The van der Waals surface area contributed by atoms with Crippen molar-refractivity contribution in [2.24, 2.45) is 0 Å². The summed E-state index contributed by atoms with van der Waals surface area (Å²) in [4.78, 5) is 12.2. The fourth-order valence-corrected chi connectivity index (χ4v) is 2.50. The first-order chi connectivity index (χ1) is 10.6. The molecule has 3 nitrogen and oxygen atoms in total. The lowest BCUT2D eigenvalue weighted by atomic mass is 9.93. The second kappa shape index (κ2) is 7.76. The van der Waals surface area contributed by atoms with Crippen LogP contribution >= 0.6 is 0 Å². The fourth-order valence-electron chi connectivity index (χ4n) is 2.50. The minimum absolute atomic E-state index is 0.0773. The van der Waals surface area contributed by atoms with Crippen molar-refractivity contribution >= 4 is 5.91 Å². The summed E-state index contributed by atoms with van der Waals surface area (Å²) in [6.07, 6.45) is 0.222. The van der Waals surface area contributed by atoms with E-state index in [0.29, 0.717) is 18.5 Å². The van der Waals surface area contributed by atoms with Crippen LogP contribution in [0.1, 0.15) is 40.7 Å². The van der Waals surface area contributed by atoms with Gasteiger partial charge in [0.1, 0.15) is 0 Å². The summed E-state index contributed by atoms with van der Waals surface area (Å²) in [7, 11) is 0. The summed E-state index contributed by atoms with van der Waals surface area (Å²) in [5.74, 6) is 0.0297. The molecule has 2 aromatic rings. The number of nitrogens with one attached hydrogen (secondary N) is 1. The van der Waals surface area contributed by atoms with E-state index in [4.69, 9.17) is 0 Å². The molecule has 0 saturated heterocycles. The standard InChI is InChI=1S/C19H23NO2/c1-14-8-10-17(11-9-14)19(22)20-13-18(12-15(2)21)16-6-4-3-5-7-16/h3-11,15,18,21H,12-13H2,1-2H3,(H,20,22). The van der Waals surface area contributed by atoms with Crippen LogP contribution in [0.5, 0.6) is 0 Å².